The summed E-state index contributed by atoms with van der Waals surface area (Å²) in [4.78, 5) is 17.2. The molecule has 0 aliphatic rings. The molecule has 0 aliphatic carbocycles. The van der Waals surface area contributed by atoms with Gasteiger partial charge in [-0.15, -0.1) is 0 Å². The Morgan fingerprint density at radius 2 is 2.00 bits per heavy atom. The number of hydrogen-bond acceptors (Lipinski definition) is 4. The lowest BCUT2D eigenvalue weighted by atomic mass is 10.1. The number of ether oxygens (including phenoxy) is 1. The minimum absolute atomic E-state index is 0.176. The fourth-order valence-electron chi connectivity index (χ4n) is 3.32. The van der Waals surface area contributed by atoms with Crippen LogP contribution in [0, 0.1) is 24.4 Å². The topological polar surface area (TPSA) is 75.9 Å². The van der Waals surface area contributed by atoms with Crippen molar-refractivity contribution in [3.63, 3.8) is 0 Å². The van der Waals surface area contributed by atoms with Crippen LogP contribution >= 0.6 is 0 Å². The normalized spacial score (nSPS) is 12.2. The highest BCUT2D eigenvalue weighted by atomic mass is 19.1. The number of aliphatic hydroxyl groups excluding tert-OH is 1. The van der Waals surface area contributed by atoms with E-state index in [1.54, 1.807) is 25.3 Å². The maximum atomic E-state index is 13.9. The molecular weight excluding hydrogens is 411 g/mol. The van der Waals surface area contributed by atoms with Gasteiger partial charge in [0, 0.05) is 18.3 Å². The number of pyridine rings is 1. The van der Waals surface area contributed by atoms with Gasteiger partial charge in [0.1, 0.15) is 29.8 Å². The molecule has 0 bridgehead atoms. The number of aryl methyl sites for hydroxylation is 1. The van der Waals surface area contributed by atoms with Crippen molar-refractivity contribution in [2.24, 2.45) is 0 Å². The van der Waals surface area contributed by atoms with Gasteiger partial charge in [-0.25, -0.2) is 18.2 Å². The van der Waals surface area contributed by atoms with Gasteiger partial charge in [-0.05, 0) is 25.5 Å². The van der Waals surface area contributed by atoms with E-state index < -0.39 is 35.5 Å². The van der Waals surface area contributed by atoms with Gasteiger partial charge in [-0.1, -0.05) is 19.8 Å². The number of halogens is 3. The van der Waals surface area contributed by atoms with Crippen LogP contribution < -0.4 is 10.1 Å². The van der Waals surface area contributed by atoms with Crippen LogP contribution in [0.1, 0.15) is 47.9 Å². The molecule has 3 rings (SSSR count). The van der Waals surface area contributed by atoms with Crippen molar-refractivity contribution in [1.82, 2.24) is 14.7 Å². The molecule has 6 nitrogen and oxygen atoms in total. The van der Waals surface area contributed by atoms with Crippen LogP contribution in [0.25, 0.3) is 5.65 Å². The molecule has 2 aromatic heterocycles. The second-order valence-corrected chi connectivity index (χ2v) is 7.24. The standard InChI is InChI=1S/C22H24F3N3O3/c1-3-4-6-15(11-29)27-22(30)20-13(2)26-21-19(7-5-8-28(20)21)31-12-16-17(24)9-14(23)10-18(16)25/h5,7-10,15,29H,3-4,6,11-12H2,1-2H3,(H,27,30). The van der Waals surface area contributed by atoms with Crippen LogP contribution in [0.3, 0.4) is 0 Å². The Hall–Kier alpha value is -3.07. The third-order valence-electron chi connectivity index (χ3n) is 4.94. The van der Waals surface area contributed by atoms with Gasteiger partial charge in [-0.3, -0.25) is 9.20 Å². The Bertz CT molecular complexity index is 1060. The number of carbonyl (C=O) groups is 1. The molecule has 0 saturated carbocycles. The maximum absolute atomic E-state index is 13.9. The Morgan fingerprint density at radius 3 is 2.65 bits per heavy atom. The highest BCUT2D eigenvalue weighted by molar-refractivity contribution is 5.95. The van der Waals surface area contributed by atoms with E-state index in [9.17, 15) is 23.1 Å². The van der Waals surface area contributed by atoms with Crippen molar-refractivity contribution in [1.29, 1.82) is 0 Å². The summed E-state index contributed by atoms with van der Waals surface area (Å²) in [6.07, 6.45) is 4.08. The average Bonchev–Trinajstić information content (AvgIpc) is 3.06. The Morgan fingerprint density at radius 1 is 1.29 bits per heavy atom. The van der Waals surface area contributed by atoms with Crippen molar-refractivity contribution < 1.29 is 27.8 Å². The molecule has 2 N–H and O–H groups in total. The van der Waals surface area contributed by atoms with Gasteiger partial charge in [0.05, 0.1) is 23.9 Å². The van der Waals surface area contributed by atoms with Crippen LogP contribution in [-0.2, 0) is 6.61 Å². The van der Waals surface area contributed by atoms with Crippen LogP contribution in [0.4, 0.5) is 13.2 Å². The molecule has 3 aromatic rings. The molecule has 0 saturated heterocycles. The summed E-state index contributed by atoms with van der Waals surface area (Å²) >= 11 is 0. The average molecular weight is 435 g/mol. The zero-order valence-electron chi connectivity index (χ0n) is 17.3. The summed E-state index contributed by atoms with van der Waals surface area (Å²) in [6, 6.07) is 3.96. The molecule has 0 aliphatic heterocycles. The summed E-state index contributed by atoms with van der Waals surface area (Å²) < 4.78 is 48.0. The fourth-order valence-corrected chi connectivity index (χ4v) is 3.32. The first-order chi connectivity index (χ1) is 14.8. The molecular formula is C22H24F3N3O3. The molecule has 31 heavy (non-hydrogen) atoms. The first-order valence-electron chi connectivity index (χ1n) is 10.0. The van der Waals surface area contributed by atoms with E-state index in [0.29, 0.717) is 29.9 Å². The number of nitrogens with zero attached hydrogens (tertiary/aromatic N) is 2. The van der Waals surface area contributed by atoms with Gasteiger partial charge >= 0.3 is 0 Å². The molecule has 0 radical (unpaired) electrons. The van der Waals surface area contributed by atoms with Crippen molar-refractivity contribution >= 4 is 11.6 Å². The molecule has 1 unspecified atom stereocenters. The van der Waals surface area contributed by atoms with Gasteiger partial charge in [0.2, 0.25) is 0 Å². The summed E-state index contributed by atoms with van der Waals surface area (Å²) in [5.41, 5.74) is 0.586. The molecule has 0 fully saturated rings. The van der Waals surface area contributed by atoms with E-state index in [4.69, 9.17) is 4.74 Å². The number of aliphatic hydroxyl groups is 1. The lowest BCUT2D eigenvalue weighted by molar-refractivity contribution is 0.0905. The number of benzene rings is 1. The van der Waals surface area contributed by atoms with Crippen molar-refractivity contribution in [2.75, 3.05) is 6.61 Å². The molecule has 0 spiro atoms. The molecule has 9 heteroatoms. The first kappa shape index (κ1) is 22.6. The van der Waals surface area contributed by atoms with Crippen molar-refractivity contribution in [3.8, 4) is 5.75 Å². The van der Waals surface area contributed by atoms with Crippen LogP contribution in [-0.4, -0.2) is 33.0 Å². The number of unbranched alkanes of at least 4 members (excludes halogenated alkanes) is 1. The van der Waals surface area contributed by atoms with E-state index in [-0.39, 0.29) is 24.1 Å². The molecule has 1 amide bonds. The quantitative estimate of drug-likeness (QED) is 0.534. The third-order valence-corrected chi connectivity index (χ3v) is 4.94. The number of rotatable bonds is 9. The summed E-state index contributed by atoms with van der Waals surface area (Å²) in [5, 5.41) is 12.3. The molecule has 1 aromatic carbocycles. The number of nitrogens with one attached hydrogen (secondary N) is 1. The predicted octanol–water partition coefficient (Wildman–Crippen LogP) is 3.92. The first-order valence-corrected chi connectivity index (χ1v) is 10.0. The number of carbonyl (C=O) groups excluding carboxylic acids is 1. The predicted molar refractivity (Wildman–Crippen MR) is 108 cm³/mol. The number of imidazole rings is 1. The Labute approximate surface area is 177 Å². The lowest BCUT2D eigenvalue weighted by Gasteiger charge is -2.16. The smallest absolute Gasteiger partial charge is 0.270 e. The highest BCUT2D eigenvalue weighted by Gasteiger charge is 2.21. The molecule has 1 atom stereocenters. The van der Waals surface area contributed by atoms with Gasteiger partial charge < -0.3 is 15.2 Å². The van der Waals surface area contributed by atoms with E-state index in [1.165, 1.54) is 4.40 Å². The number of aromatic nitrogens is 2. The highest BCUT2D eigenvalue weighted by Crippen LogP contribution is 2.24. The van der Waals surface area contributed by atoms with Crippen molar-refractivity contribution in [2.45, 2.75) is 45.8 Å². The fraction of sp³-hybridized carbons (Fsp3) is 0.364. The Kier molecular flexibility index (Phi) is 7.17. The minimum Gasteiger partial charge on any atom is -0.485 e. The lowest BCUT2D eigenvalue weighted by Crippen LogP contribution is -2.38. The van der Waals surface area contributed by atoms with E-state index in [0.717, 1.165) is 12.8 Å². The zero-order valence-corrected chi connectivity index (χ0v) is 17.3. The summed E-state index contributed by atoms with van der Waals surface area (Å²) in [7, 11) is 0. The van der Waals surface area contributed by atoms with Gasteiger partial charge in [-0.2, -0.15) is 0 Å². The second-order valence-electron chi connectivity index (χ2n) is 7.24. The zero-order chi connectivity index (χ0) is 22.5. The number of hydrogen-bond donors (Lipinski definition) is 2. The van der Waals surface area contributed by atoms with Crippen LogP contribution in [0.2, 0.25) is 0 Å². The molecule has 166 valence electrons. The third kappa shape index (κ3) is 4.99. The van der Waals surface area contributed by atoms with Crippen molar-refractivity contribution in [3.05, 3.63) is 64.9 Å². The van der Waals surface area contributed by atoms with Crippen LogP contribution in [0.5, 0.6) is 5.75 Å². The van der Waals surface area contributed by atoms with Gasteiger partial charge in [0.25, 0.3) is 5.91 Å². The summed E-state index contributed by atoms with van der Waals surface area (Å²) in [5.74, 6) is -3.30. The Balaban J connectivity index is 1.86. The number of amides is 1. The van der Waals surface area contributed by atoms with E-state index in [2.05, 4.69) is 10.3 Å². The SMILES string of the molecule is CCCCC(CO)NC(=O)c1c(C)nc2c(OCc3c(F)cc(F)cc3F)cccn12. The van der Waals surface area contributed by atoms with Crippen LogP contribution in [0.15, 0.2) is 30.5 Å². The van der Waals surface area contributed by atoms with Gasteiger partial charge in [0.15, 0.2) is 11.4 Å². The second kappa shape index (κ2) is 9.82. The largest absolute Gasteiger partial charge is 0.485 e. The summed E-state index contributed by atoms with van der Waals surface area (Å²) in [6.45, 7) is 3.03. The van der Waals surface area contributed by atoms with E-state index >= 15 is 0 Å². The molecule has 2 heterocycles. The van der Waals surface area contributed by atoms with E-state index in [1.807, 2.05) is 6.92 Å². The maximum Gasteiger partial charge on any atom is 0.270 e. The minimum atomic E-state index is -1.05. The monoisotopic (exact) mass is 435 g/mol. The number of fused-ring (bicyclic) bond motifs is 1.